The van der Waals surface area contributed by atoms with Crippen LogP contribution in [0.4, 0.5) is 9.80 Å². The number of anilines is 1. The fraction of sp³-hybridized carbons (Fsp3) is 0.267. The van der Waals surface area contributed by atoms with E-state index in [1.165, 1.54) is 29.8 Å². The Kier molecular flexibility index (Phi) is 4.44. The molecule has 2 aromatic rings. The Morgan fingerprint density at radius 1 is 1.22 bits per heavy atom. The van der Waals surface area contributed by atoms with Gasteiger partial charge in [0, 0.05) is 4.88 Å². The Labute approximate surface area is 140 Å². The Morgan fingerprint density at radius 3 is 2.74 bits per heavy atom. The molecule has 0 aliphatic heterocycles. The Bertz CT molecular complexity index is 765. The molecule has 0 unspecified atom stereocenters. The van der Waals surface area contributed by atoms with Gasteiger partial charge < -0.3 is 10.1 Å². The number of alkyl carbamates (subject to hydrolysis) is 1. The Balaban J connectivity index is 1.89. The van der Waals surface area contributed by atoms with Gasteiger partial charge in [0.05, 0.1) is 17.6 Å². The molecule has 2 aromatic heterocycles. The van der Waals surface area contributed by atoms with E-state index in [0.717, 1.165) is 29.7 Å². The minimum Gasteiger partial charge on any atom is -0.453 e. The average Bonchev–Trinajstić information content (AvgIpc) is 3.23. The molecule has 0 saturated heterocycles. The molecule has 0 saturated carbocycles. The number of methoxy groups -OCH3 is 1. The molecule has 6 nitrogen and oxygen atoms in total. The smallest absolute Gasteiger partial charge is 0.413 e. The van der Waals surface area contributed by atoms with E-state index in [0.29, 0.717) is 15.4 Å². The van der Waals surface area contributed by atoms with Crippen LogP contribution in [0.25, 0.3) is 0 Å². The number of carbonyl (C=O) groups is 3. The second-order valence-electron chi connectivity index (χ2n) is 4.94. The summed E-state index contributed by atoms with van der Waals surface area (Å²) >= 11 is 2.72. The number of hydrogen-bond donors (Lipinski definition) is 2. The van der Waals surface area contributed by atoms with Crippen molar-refractivity contribution in [2.75, 3.05) is 12.4 Å². The summed E-state index contributed by atoms with van der Waals surface area (Å²) in [6.45, 7) is 0. The van der Waals surface area contributed by atoms with E-state index in [1.807, 2.05) is 5.38 Å². The highest BCUT2D eigenvalue weighted by Crippen LogP contribution is 2.39. The molecule has 0 radical (unpaired) electrons. The van der Waals surface area contributed by atoms with Gasteiger partial charge in [-0.3, -0.25) is 14.9 Å². The predicted molar refractivity (Wildman–Crippen MR) is 88.5 cm³/mol. The van der Waals surface area contributed by atoms with E-state index in [2.05, 4.69) is 15.4 Å². The number of fused-ring (bicyclic) bond motifs is 1. The number of imide groups is 1. The largest absolute Gasteiger partial charge is 0.453 e. The zero-order chi connectivity index (χ0) is 16.4. The van der Waals surface area contributed by atoms with Crippen LogP contribution in [-0.2, 0) is 17.6 Å². The van der Waals surface area contributed by atoms with Gasteiger partial charge in [-0.2, -0.15) is 0 Å². The van der Waals surface area contributed by atoms with E-state index in [4.69, 9.17) is 0 Å². The van der Waals surface area contributed by atoms with Crippen molar-refractivity contribution in [3.63, 3.8) is 0 Å². The maximum absolute atomic E-state index is 12.4. The highest BCUT2D eigenvalue weighted by atomic mass is 32.1. The SMILES string of the molecule is COC(=O)NC(=O)c1c(NC(=O)c2cccs2)sc2c1CCC2. The number of rotatable bonds is 3. The lowest BCUT2D eigenvalue weighted by Crippen LogP contribution is -2.31. The molecule has 1 aliphatic carbocycles. The van der Waals surface area contributed by atoms with Crippen LogP contribution in [0.3, 0.4) is 0 Å². The highest BCUT2D eigenvalue weighted by molar-refractivity contribution is 7.17. The topological polar surface area (TPSA) is 84.5 Å². The van der Waals surface area contributed by atoms with Gasteiger partial charge in [0.15, 0.2) is 0 Å². The first-order valence-electron chi connectivity index (χ1n) is 6.99. The van der Waals surface area contributed by atoms with Crippen molar-refractivity contribution in [2.24, 2.45) is 0 Å². The van der Waals surface area contributed by atoms with E-state index in [1.54, 1.807) is 12.1 Å². The maximum atomic E-state index is 12.4. The second-order valence-corrected chi connectivity index (χ2v) is 6.99. The van der Waals surface area contributed by atoms with Crippen LogP contribution in [-0.4, -0.2) is 25.0 Å². The number of carbonyl (C=O) groups excluding carboxylic acids is 3. The zero-order valence-electron chi connectivity index (χ0n) is 12.3. The molecule has 120 valence electrons. The van der Waals surface area contributed by atoms with Crippen molar-refractivity contribution >= 4 is 45.6 Å². The molecule has 1 aliphatic rings. The van der Waals surface area contributed by atoms with Crippen LogP contribution in [0.1, 0.15) is 36.9 Å². The minimum absolute atomic E-state index is 0.257. The number of thiophene rings is 2. The molecule has 0 atom stereocenters. The fourth-order valence-corrected chi connectivity index (χ4v) is 4.41. The number of ether oxygens (including phenoxy) is 1. The first kappa shape index (κ1) is 15.7. The van der Waals surface area contributed by atoms with Gasteiger partial charge in [-0.1, -0.05) is 6.07 Å². The first-order valence-corrected chi connectivity index (χ1v) is 8.68. The van der Waals surface area contributed by atoms with Gasteiger partial charge in [-0.15, -0.1) is 22.7 Å². The van der Waals surface area contributed by atoms with Crippen molar-refractivity contribution in [3.05, 3.63) is 38.4 Å². The van der Waals surface area contributed by atoms with Crippen LogP contribution < -0.4 is 10.6 Å². The van der Waals surface area contributed by atoms with Crippen molar-refractivity contribution in [1.82, 2.24) is 5.32 Å². The summed E-state index contributed by atoms with van der Waals surface area (Å²) < 4.78 is 4.47. The lowest BCUT2D eigenvalue weighted by Gasteiger charge is -2.07. The Morgan fingerprint density at radius 2 is 2.04 bits per heavy atom. The van der Waals surface area contributed by atoms with Crippen molar-refractivity contribution < 1.29 is 19.1 Å². The van der Waals surface area contributed by atoms with E-state index < -0.39 is 12.0 Å². The minimum atomic E-state index is -0.816. The van der Waals surface area contributed by atoms with E-state index >= 15 is 0 Å². The molecular formula is C15H14N2O4S2. The summed E-state index contributed by atoms with van der Waals surface area (Å²) in [4.78, 5) is 37.6. The molecular weight excluding hydrogens is 336 g/mol. The molecule has 8 heteroatoms. The molecule has 2 heterocycles. The number of amides is 3. The zero-order valence-corrected chi connectivity index (χ0v) is 13.9. The standard InChI is InChI=1S/C15H14N2O4S2/c1-21-15(20)17-13(19)11-8-4-2-5-9(8)23-14(11)16-12(18)10-6-3-7-22-10/h3,6-7H,2,4-5H2,1H3,(H,16,18)(H,17,19,20). The average molecular weight is 350 g/mol. The quantitative estimate of drug-likeness (QED) is 0.891. The van der Waals surface area contributed by atoms with Gasteiger partial charge in [0.1, 0.15) is 5.00 Å². The van der Waals surface area contributed by atoms with Crippen LogP contribution in [0.2, 0.25) is 0 Å². The van der Waals surface area contributed by atoms with Crippen molar-refractivity contribution in [2.45, 2.75) is 19.3 Å². The summed E-state index contributed by atoms with van der Waals surface area (Å²) in [6.07, 6.45) is 1.81. The number of hydrogen-bond acceptors (Lipinski definition) is 6. The fourth-order valence-electron chi connectivity index (χ4n) is 2.51. The third-order valence-corrected chi connectivity index (χ3v) is 5.60. The maximum Gasteiger partial charge on any atom is 0.413 e. The van der Waals surface area contributed by atoms with Gasteiger partial charge >= 0.3 is 6.09 Å². The molecule has 23 heavy (non-hydrogen) atoms. The van der Waals surface area contributed by atoms with Gasteiger partial charge in [0.25, 0.3) is 11.8 Å². The van der Waals surface area contributed by atoms with Gasteiger partial charge in [-0.25, -0.2) is 4.79 Å². The third kappa shape index (κ3) is 3.13. The van der Waals surface area contributed by atoms with E-state index in [-0.39, 0.29) is 5.91 Å². The molecule has 0 spiro atoms. The lowest BCUT2D eigenvalue weighted by atomic mass is 10.1. The van der Waals surface area contributed by atoms with Crippen molar-refractivity contribution in [3.8, 4) is 0 Å². The Hall–Kier alpha value is -2.19. The number of nitrogens with one attached hydrogen (secondary N) is 2. The van der Waals surface area contributed by atoms with Crippen LogP contribution in [0.15, 0.2) is 17.5 Å². The predicted octanol–water partition coefficient (Wildman–Crippen LogP) is 3.05. The van der Waals surface area contributed by atoms with E-state index in [9.17, 15) is 14.4 Å². The van der Waals surface area contributed by atoms with Gasteiger partial charge in [0.2, 0.25) is 0 Å². The van der Waals surface area contributed by atoms with Gasteiger partial charge in [-0.05, 0) is 36.3 Å². The summed E-state index contributed by atoms with van der Waals surface area (Å²) in [7, 11) is 1.19. The highest BCUT2D eigenvalue weighted by Gasteiger charge is 2.28. The third-order valence-electron chi connectivity index (χ3n) is 3.52. The summed E-state index contributed by atoms with van der Waals surface area (Å²) in [6, 6.07) is 3.51. The van der Waals surface area contributed by atoms with Crippen LogP contribution in [0.5, 0.6) is 0 Å². The van der Waals surface area contributed by atoms with Crippen LogP contribution >= 0.6 is 22.7 Å². The number of aryl methyl sites for hydroxylation is 1. The molecule has 3 amide bonds. The molecule has 0 bridgehead atoms. The first-order chi connectivity index (χ1) is 11.1. The summed E-state index contributed by atoms with van der Waals surface area (Å²) in [5.41, 5.74) is 1.29. The molecule has 3 rings (SSSR count). The molecule has 2 N–H and O–H groups in total. The van der Waals surface area contributed by atoms with Crippen molar-refractivity contribution in [1.29, 1.82) is 0 Å². The lowest BCUT2D eigenvalue weighted by molar-refractivity contribution is 0.0937. The monoisotopic (exact) mass is 350 g/mol. The van der Waals surface area contributed by atoms with Crippen LogP contribution in [0, 0.1) is 0 Å². The molecule has 0 fully saturated rings. The summed E-state index contributed by atoms with van der Waals surface area (Å²) in [5, 5.41) is 7.25. The summed E-state index contributed by atoms with van der Waals surface area (Å²) in [5.74, 6) is -0.801. The molecule has 0 aromatic carbocycles. The second kappa shape index (κ2) is 6.51. The normalized spacial score (nSPS) is 12.6.